The van der Waals surface area contributed by atoms with Gasteiger partial charge in [-0.05, 0) is 11.6 Å². The van der Waals surface area contributed by atoms with Crippen molar-refractivity contribution in [3.8, 4) is 0 Å². The minimum atomic E-state index is 0.363. The zero-order valence-electron chi connectivity index (χ0n) is 7.34. The summed E-state index contributed by atoms with van der Waals surface area (Å²) in [7, 11) is 0. The van der Waals surface area contributed by atoms with Crippen LogP contribution in [0.15, 0.2) is 35.6 Å². The van der Waals surface area contributed by atoms with E-state index in [4.69, 9.17) is 0 Å². The molecule has 4 heteroatoms. The van der Waals surface area contributed by atoms with Gasteiger partial charge in [-0.15, -0.1) is 0 Å². The van der Waals surface area contributed by atoms with Crippen LogP contribution in [-0.2, 0) is 11.3 Å². The first-order valence-electron chi connectivity index (χ1n) is 4.13. The second-order valence-electron chi connectivity index (χ2n) is 2.86. The largest absolute Gasteiger partial charge is 0.235 e. The number of aromatic nitrogens is 2. The lowest BCUT2D eigenvalue weighted by atomic mass is 10.1. The number of hydrogen-bond acceptors (Lipinski definition) is 4. The zero-order valence-corrected chi connectivity index (χ0v) is 7.34. The summed E-state index contributed by atoms with van der Waals surface area (Å²) in [4.78, 5) is 13.4. The summed E-state index contributed by atoms with van der Waals surface area (Å²) in [5.74, 6) is 0. The van der Waals surface area contributed by atoms with Crippen molar-refractivity contribution in [1.82, 2.24) is 10.2 Å². The molecule has 0 aliphatic heterocycles. The molecule has 0 unspecified atom stereocenters. The number of isocyanates is 1. The fraction of sp³-hybridized carbons (Fsp3) is 0.100. The zero-order chi connectivity index (χ0) is 9.80. The fourth-order valence-electron chi connectivity index (χ4n) is 1.27. The summed E-state index contributed by atoms with van der Waals surface area (Å²) < 4.78 is 0. The monoisotopic (exact) mass is 185 g/mol. The Morgan fingerprint density at radius 2 is 2.00 bits per heavy atom. The van der Waals surface area contributed by atoms with Gasteiger partial charge in [-0.25, -0.2) is 9.79 Å². The first kappa shape index (κ1) is 8.53. The van der Waals surface area contributed by atoms with Crippen molar-refractivity contribution >= 4 is 16.9 Å². The molecule has 0 spiro atoms. The summed E-state index contributed by atoms with van der Waals surface area (Å²) >= 11 is 0. The number of carbonyl (C=O) groups excluding carboxylic acids is 1. The summed E-state index contributed by atoms with van der Waals surface area (Å²) in [6.45, 7) is 0.363. The maximum atomic E-state index is 9.93. The molecule has 1 heterocycles. The van der Waals surface area contributed by atoms with Crippen LogP contribution < -0.4 is 0 Å². The molecule has 0 aliphatic carbocycles. The molecule has 1 aromatic heterocycles. The van der Waals surface area contributed by atoms with E-state index in [1.54, 1.807) is 12.4 Å². The van der Waals surface area contributed by atoms with Crippen LogP contribution in [0.3, 0.4) is 0 Å². The molecule has 14 heavy (non-hydrogen) atoms. The molecular formula is C10H7N3O. The molecule has 4 nitrogen and oxygen atoms in total. The van der Waals surface area contributed by atoms with Gasteiger partial charge in [-0.2, -0.15) is 10.2 Å². The van der Waals surface area contributed by atoms with Crippen LogP contribution in [0, 0.1) is 0 Å². The highest BCUT2D eigenvalue weighted by Crippen LogP contribution is 2.13. The Labute approximate surface area is 80.3 Å². The van der Waals surface area contributed by atoms with Gasteiger partial charge in [0.25, 0.3) is 0 Å². The van der Waals surface area contributed by atoms with Crippen LogP contribution in [-0.4, -0.2) is 16.3 Å². The van der Waals surface area contributed by atoms with E-state index in [1.807, 2.05) is 18.2 Å². The molecule has 0 bridgehead atoms. The van der Waals surface area contributed by atoms with Crippen molar-refractivity contribution in [2.45, 2.75) is 6.54 Å². The van der Waals surface area contributed by atoms with Crippen molar-refractivity contribution in [2.24, 2.45) is 4.99 Å². The molecule has 2 rings (SSSR count). The lowest BCUT2D eigenvalue weighted by Gasteiger charge is -1.98. The number of fused-ring (bicyclic) bond motifs is 1. The number of rotatable bonds is 2. The van der Waals surface area contributed by atoms with E-state index in [0.717, 1.165) is 16.3 Å². The maximum absolute atomic E-state index is 9.93. The third kappa shape index (κ3) is 1.65. The van der Waals surface area contributed by atoms with E-state index in [-0.39, 0.29) is 0 Å². The van der Waals surface area contributed by atoms with Crippen molar-refractivity contribution in [3.63, 3.8) is 0 Å². The van der Waals surface area contributed by atoms with Gasteiger partial charge in [0.05, 0.1) is 18.9 Å². The van der Waals surface area contributed by atoms with Gasteiger partial charge in [0.2, 0.25) is 6.08 Å². The predicted octanol–water partition coefficient (Wildman–Crippen LogP) is 1.47. The molecule has 0 fully saturated rings. The molecule has 0 saturated carbocycles. The van der Waals surface area contributed by atoms with Gasteiger partial charge in [0, 0.05) is 10.8 Å². The van der Waals surface area contributed by atoms with Gasteiger partial charge < -0.3 is 0 Å². The molecular weight excluding hydrogens is 178 g/mol. The molecule has 68 valence electrons. The van der Waals surface area contributed by atoms with E-state index in [0.29, 0.717) is 6.54 Å². The van der Waals surface area contributed by atoms with Crippen LogP contribution in [0.4, 0.5) is 0 Å². The first-order chi connectivity index (χ1) is 6.90. The number of nitrogens with zero attached hydrogens (tertiary/aromatic N) is 3. The quantitative estimate of drug-likeness (QED) is 0.525. The smallest absolute Gasteiger partial charge is 0.211 e. The molecule has 1 aromatic carbocycles. The molecule has 2 aromatic rings. The average Bonchev–Trinajstić information content (AvgIpc) is 2.26. The Kier molecular flexibility index (Phi) is 2.30. The SMILES string of the molecule is O=C=NCc1ccc2cnncc2c1. The van der Waals surface area contributed by atoms with Crippen molar-refractivity contribution < 1.29 is 4.79 Å². The number of hydrogen-bond donors (Lipinski definition) is 0. The standard InChI is InChI=1S/C10H7N3O/c14-7-11-4-8-1-2-9-5-12-13-6-10(9)3-8/h1-3,5-6H,4H2. The van der Waals surface area contributed by atoms with Crippen LogP contribution in [0.5, 0.6) is 0 Å². The van der Waals surface area contributed by atoms with Gasteiger partial charge in [-0.1, -0.05) is 12.1 Å². The van der Waals surface area contributed by atoms with Gasteiger partial charge in [-0.3, -0.25) is 0 Å². The summed E-state index contributed by atoms with van der Waals surface area (Å²) in [5, 5.41) is 9.57. The molecule has 0 aliphatic rings. The highest BCUT2D eigenvalue weighted by molar-refractivity contribution is 5.81. The average molecular weight is 185 g/mol. The number of benzene rings is 1. The Hall–Kier alpha value is -2.06. The second-order valence-corrected chi connectivity index (χ2v) is 2.86. The number of aliphatic imine (C=N–C) groups is 1. The maximum Gasteiger partial charge on any atom is 0.235 e. The first-order valence-corrected chi connectivity index (χ1v) is 4.13. The molecule has 0 N–H and O–H groups in total. The molecule has 0 saturated heterocycles. The second kappa shape index (κ2) is 3.77. The van der Waals surface area contributed by atoms with Crippen molar-refractivity contribution in [3.05, 3.63) is 36.2 Å². The Balaban J connectivity index is 2.45. The van der Waals surface area contributed by atoms with Crippen LogP contribution in [0.25, 0.3) is 10.8 Å². The molecule has 0 amide bonds. The van der Waals surface area contributed by atoms with Crippen molar-refractivity contribution in [1.29, 1.82) is 0 Å². The highest BCUT2D eigenvalue weighted by Gasteiger charge is 1.95. The van der Waals surface area contributed by atoms with E-state index in [9.17, 15) is 4.79 Å². The minimum Gasteiger partial charge on any atom is -0.211 e. The Bertz CT molecular complexity index is 503. The lowest BCUT2D eigenvalue weighted by Crippen LogP contribution is -1.84. The van der Waals surface area contributed by atoms with Crippen LogP contribution in [0.2, 0.25) is 0 Å². The molecule has 0 atom stereocenters. The fourth-order valence-corrected chi connectivity index (χ4v) is 1.27. The Morgan fingerprint density at radius 1 is 1.21 bits per heavy atom. The third-order valence-corrected chi connectivity index (χ3v) is 1.94. The van der Waals surface area contributed by atoms with Gasteiger partial charge >= 0.3 is 0 Å². The topological polar surface area (TPSA) is 55.2 Å². The molecule has 0 radical (unpaired) electrons. The highest BCUT2D eigenvalue weighted by atomic mass is 16.1. The van der Waals surface area contributed by atoms with Gasteiger partial charge in [0.1, 0.15) is 0 Å². The predicted molar refractivity (Wildman–Crippen MR) is 51.4 cm³/mol. The summed E-state index contributed by atoms with van der Waals surface area (Å²) in [5.41, 5.74) is 0.967. The minimum absolute atomic E-state index is 0.363. The van der Waals surface area contributed by atoms with E-state index in [1.165, 1.54) is 6.08 Å². The van der Waals surface area contributed by atoms with E-state index >= 15 is 0 Å². The third-order valence-electron chi connectivity index (χ3n) is 1.94. The lowest BCUT2D eigenvalue weighted by molar-refractivity contribution is 0.563. The van der Waals surface area contributed by atoms with Crippen molar-refractivity contribution in [2.75, 3.05) is 0 Å². The van der Waals surface area contributed by atoms with E-state index in [2.05, 4.69) is 15.2 Å². The van der Waals surface area contributed by atoms with Crippen LogP contribution in [0.1, 0.15) is 5.56 Å². The van der Waals surface area contributed by atoms with Crippen LogP contribution >= 0.6 is 0 Å². The van der Waals surface area contributed by atoms with E-state index < -0.39 is 0 Å². The Morgan fingerprint density at radius 3 is 2.79 bits per heavy atom. The van der Waals surface area contributed by atoms with Gasteiger partial charge in [0.15, 0.2) is 0 Å². The summed E-state index contributed by atoms with van der Waals surface area (Å²) in [6.07, 6.45) is 4.89. The summed E-state index contributed by atoms with van der Waals surface area (Å²) in [6, 6.07) is 5.77. The normalized spacial score (nSPS) is 9.71.